The van der Waals surface area contributed by atoms with Crippen LogP contribution in [-0.2, 0) is 4.74 Å². The minimum absolute atomic E-state index is 0.588. The van der Waals surface area contributed by atoms with E-state index in [0.717, 1.165) is 25.6 Å². The first-order valence-corrected chi connectivity index (χ1v) is 8.08. The highest BCUT2D eigenvalue weighted by Gasteiger charge is 2.33. The minimum Gasteiger partial charge on any atom is -0.383 e. The predicted octanol–water partition coefficient (Wildman–Crippen LogP) is 2.90. The summed E-state index contributed by atoms with van der Waals surface area (Å²) in [6.45, 7) is 12.3. The smallest absolute Gasteiger partial charge is 0.0589 e. The summed E-state index contributed by atoms with van der Waals surface area (Å²) in [5.41, 5.74) is 0. The van der Waals surface area contributed by atoms with Gasteiger partial charge in [-0.3, -0.25) is 4.90 Å². The second-order valence-corrected chi connectivity index (χ2v) is 6.26. The Kier molecular flexibility index (Phi) is 7.96. The molecule has 0 bridgehead atoms. The maximum atomic E-state index is 5.27. The molecule has 1 saturated carbocycles. The maximum absolute atomic E-state index is 5.27. The summed E-state index contributed by atoms with van der Waals surface area (Å²) in [6.07, 6.45) is 5.35. The van der Waals surface area contributed by atoms with Crippen LogP contribution in [0.15, 0.2) is 0 Å². The third kappa shape index (κ3) is 6.24. The Morgan fingerprint density at radius 1 is 1.26 bits per heavy atom. The molecule has 114 valence electrons. The van der Waals surface area contributed by atoms with E-state index in [1.54, 1.807) is 7.11 Å². The van der Waals surface area contributed by atoms with Crippen LogP contribution in [0.25, 0.3) is 0 Å². The van der Waals surface area contributed by atoms with Crippen molar-refractivity contribution in [3.63, 3.8) is 0 Å². The van der Waals surface area contributed by atoms with Crippen molar-refractivity contribution in [2.75, 3.05) is 26.8 Å². The average Bonchev–Trinajstić information content (AvgIpc) is 3.21. The number of hydrogen-bond donors (Lipinski definition) is 1. The van der Waals surface area contributed by atoms with Crippen LogP contribution in [0.4, 0.5) is 0 Å². The highest BCUT2D eigenvalue weighted by Crippen LogP contribution is 2.35. The van der Waals surface area contributed by atoms with Crippen molar-refractivity contribution in [2.45, 2.75) is 71.5 Å². The summed E-state index contributed by atoms with van der Waals surface area (Å²) in [5.74, 6) is 0.923. The van der Waals surface area contributed by atoms with Gasteiger partial charge in [-0.1, -0.05) is 13.3 Å². The second-order valence-electron chi connectivity index (χ2n) is 6.26. The molecule has 0 aromatic rings. The number of nitrogens with one attached hydrogen (secondary N) is 1. The minimum atomic E-state index is 0.588. The van der Waals surface area contributed by atoms with Crippen molar-refractivity contribution in [1.82, 2.24) is 10.2 Å². The molecular weight excluding hydrogens is 236 g/mol. The monoisotopic (exact) mass is 270 g/mol. The fraction of sp³-hybridized carbons (Fsp3) is 1.00. The molecular formula is C16H34N2O. The van der Waals surface area contributed by atoms with Crippen LogP contribution in [-0.4, -0.2) is 49.8 Å². The third-order valence-corrected chi connectivity index (χ3v) is 4.43. The molecule has 0 radical (unpaired) electrons. The first-order valence-electron chi connectivity index (χ1n) is 8.08. The molecule has 0 heterocycles. The predicted molar refractivity (Wildman–Crippen MR) is 82.6 cm³/mol. The molecule has 1 N–H and O–H groups in total. The summed E-state index contributed by atoms with van der Waals surface area (Å²) >= 11 is 0. The average molecular weight is 270 g/mol. The Hall–Kier alpha value is -0.120. The summed E-state index contributed by atoms with van der Waals surface area (Å²) < 4.78 is 5.27. The molecule has 0 amide bonds. The van der Waals surface area contributed by atoms with E-state index in [1.165, 1.54) is 25.7 Å². The number of ether oxygens (including phenoxy) is 1. The summed E-state index contributed by atoms with van der Waals surface area (Å²) in [6, 6.07) is 1.92. The van der Waals surface area contributed by atoms with E-state index in [2.05, 4.69) is 37.9 Å². The fourth-order valence-electron chi connectivity index (χ4n) is 2.90. The van der Waals surface area contributed by atoms with Gasteiger partial charge in [-0.25, -0.2) is 0 Å². The van der Waals surface area contributed by atoms with E-state index in [9.17, 15) is 0 Å². The van der Waals surface area contributed by atoms with Gasteiger partial charge in [0.2, 0.25) is 0 Å². The lowest BCUT2D eigenvalue weighted by Gasteiger charge is -2.35. The zero-order chi connectivity index (χ0) is 14.3. The Balaban J connectivity index is 2.38. The van der Waals surface area contributed by atoms with Gasteiger partial charge in [-0.2, -0.15) is 0 Å². The first kappa shape index (κ1) is 16.9. The Morgan fingerprint density at radius 3 is 2.47 bits per heavy atom. The molecule has 3 nitrogen and oxygen atoms in total. The zero-order valence-electron chi connectivity index (χ0n) is 13.6. The SMILES string of the molecule is CCCC(C)NCC(C)N(CCOC)C(C)C1CC1. The van der Waals surface area contributed by atoms with Gasteiger partial charge in [0, 0.05) is 38.3 Å². The van der Waals surface area contributed by atoms with Gasteiger partial charge < -0.3 is 10.1 Å². The molecule has 0 aliphatic heterocycles. The molecule has 0 aromatic carbocycles. The van der Waals surface area contributed by atoms with E-state index in [4.69, 9.17) is 4.74 Å². The number of rotatable bonds is 11. The second kappa shape index (κ2) is 8.93. The first-order chi connectivity index (χ1) is 9.10. The lowest BCUT2D eigenvalue weighted by atomic mass is 10.1. The van der Waals surface area contributed by atoms with Gasteiger partial charge in [0.1, 0.15) is 0 Å². The van der Waals surface area contributed by atoms with Gasteiger partial charge in [-0.15, -0.1) is 0 Å². The van der Waals surface area contributed by atoms with Crippen molar-refractivity contribution < 1.29 is 4.74 Å². The largest absolute Gasteiger partial charge is 0.383 e. The van der Waals surface area contributed by atoms with Crippen LogP contribution < -0.4 is 5.32 Å². The summed E-state index contributed by atoms with van der Waals surface area (Å²) in [7, 11) is 1.80. The van der Waals surface area contributed by atoms with E-state index in [0.29, 0.717) is 18.1 Å². The lowest BCUT2D eigenvalue weighted by molar-refractivity contribution is 0.0858. The molecule has 3 heteroatoms. The Morgan fingerprint density at radius 2 is 1.95 bits per heavy atom. The van der Waals surface area contributed by atoms with E-state index in [-0.39, 0.29) is 0 Å². The molecule has 0 aromatic heterocycles. The Labute approximate surface area is 120 Å². The van der Waals surface area contributed by atoms with Crippen LogP contribution >= 0.6 is 0 Å². The van der Waals surface area contributed by atoms with Gasteiger partial charge in [0.15, 0.2) is 0 Å². The summed E-state index contributed by atoms with van der Waals surface area (Å²) in [5, 5.41) is 3.67. The molecule has 1 rings (SSSR count). The molecule has 1 aliphatic rings. The van der Waals surface area contributed by atoms with Crippen LogP contribution in [0.2, 0.25) is 0 Å². The van der Waals surface area contributed by atoms with Crippen LogP contribution in [0.3, 0.4) is 0 Å². The van der Waals surface area contributed by atoms with Crippen LogP contribution in [0, 0.1) is 5.92 Å². The zero-order valence-corrected chi connectivity index (χ0v) is 13.6. The van der Waals surface area contributed by atoms with E-state index < -0.39 is 0 Å². The highest BCUT2D eigenvalue weighted by atomic mass is 16.5. The third-order valence-electron chi connectivity index (χ3n) is 4.43. The van der Waals surface area contributed by atoms with Crippen molar-refractivity contribution >= 4 is 0 Å². The molecule has 1 aliphatic carbocycles. The summed E-state index contributed by atoms with van der Waals surface area (Å²) in [4.78, 5) is 2.63. The van der Waals surface area contributed by atoms with Gasteiger partial charge in [0.25, 0.3) is 0 Å². The van der Waals surface area contributed by atoms with E-state index >= 15 is 0 Å². The van der Waals surface area contributed by atoms with Crippen molar-refractivity contribution in [2.24, 2.45) is 5.92 Å². The quantitative estimate of drug-likeness (QED) is 0.625. The van der Waals surface area contributed by atoms with Crippen LogP contribution in [0.1, 0.15) is 53.4 Å². The molecule has 3 unspecified atom stereocenters. The van der Waals surface area contributed by atoms with Crippen molar-refractivity contribution in [3.05, 3.63) is 0 Å². The molecule has 0 spiro atoms. The molecule has 0 saturated heterocycles. The molecule has 19 heavy (non-hydrogen) atoms. The molecule has 3 atom stereocenters. The maximum Gasteiger partial charge on any atom is 0.0589 e. The van der Waals surface area contributed by atoms with Crippen LogP contribution in [0.5, 0.6) is 0 Å². The van der Waals surface area contributed by atoms with Crippen molar-refractivity contribution in [1.29, 1.82) is 0 Å². The standard InChI is InChI=1S/C16H34N2O/c1-6-7-13(2)17-12-14(3)18(10-11-19-5)15(4)16-8-9-16/h13-17H,6-12H2,1-5H3. The van der Waals surface area contributed by atoms with E-state index in [1.807, 2.05) is 0 Å². The number of methoxy groups -OCH3 is 1. The highest BCUT2D eigenvalue weighted by molar-refractivity contribution is 4.88. The van der Waals surface area contributed by atoms with Gasteiger partial charge in [0.05, 0.1) is 6.61 Å². The number of nitrogens with zero attached hydrogens (tertiary/aromatic N) is 1. The van der Waals surface area contributed by atoms with Gasteiger partial charge in [-0.05, 0) is 46.0 Å². The van der Waals surface area contributed by atoms with Gasteiger partial charge >= 0.3 is 0 Å². The fourth-order valence-corrected chi connectivity index (χ4v) is 2.90. The topological polar surface area (TPSA) is 24.5 Å². The Bertz CT molecular complexity index is 231. The lowest BCUT2D eigenvalue weighted by Crippen LogP contribution is -2.48. The van der Waals surface area contributed by atoms with Crippen molar-refractivity contribution in [3.8, 4) is 0 Å². The molecule has 1 fully saturated rings. The normalized spacial score (nSPS) is 20.5. The number of hydrogen-bond acceptors (Lipinski definition) is 3.